The fourth-order valence-corrected chi connectivity index (χ4v) is 2.07. The molecule has 0 bridgehead atoms. The molecule has 0 unspecified atom stereocenters. The van der Waals surface area contributed by atoms with E-state index in [1.54, 1.807) is 13.2 Å². The van der Waals surface area contributed by atoms with E-state index < -0.39 is 0 Å². The monoisotopic (exact) mass is 265 g/mol. The number of nitrogens with zero attached hydrogens (tertiary/aromatic N) is 3. The van der Waals surface area contributed by atoms with Crippen LogP contribution in [0.25, 0.3) is 0 Å². The largest absolute Gasteiger partial charge is 0.481 e. The molecular formula is C11H15N5OS. The number of aryl methyl sites for hydroxylation is 1. The quantitative estimate of drug-likeness (QED) is 0.771. The van der Waals surface area contributed by atoms with Gasteiger partial charge in [0.25, 0.3) is 0 Å². The summed E-state index contributed by atoms with van der Waals surface area (Å²) in [6.07, 6.45) is 3.35. The summed E-state index contributed by atoms with van der Waals surface area (Å²) in [6, 6.07) is 1.76. The van der Waals surface area contributed by atoms with Crippen LogP contribution in [0.4, 0.5) is 10.9 Å². The van der Waals surface area contributed by atoms with Crippen LogP contribution in [0.5, 0.6) is 5.88 Å². The zero-order chi connectivity index (χ0) is 12.8. The van der Waals surface area contributed by atoms with Gasteiger partial charge in [0, 0.05) is 18.0 Å². The Bertz CT molecular complexity index is 502. The van der Waals surface area contributed by atoms with Gasteiger partial charge in [0.2, 0.25) is 5.88 Å². The van der Waals surface area contributed by atoms with Crippen molar-refractivity contribution in [3.63, 3.8) is 0 Å². The summed E-state index contributed by atoms with van der Waals surface area (Å²) >= 11 is 1.47. The molecule has 0 radical (unpaired) electrons. The number of methoxy groups -OCH3 is 1. The third-order valence-electron chi connectivity index (χ3n) is 2.34. The maximum Gasteiger partial charge on any atom is 0.218 e. The summed E-state index contributed by atoms with van der Waals surface area (Å²) in [5.74, 6) is 1.32. The second-order valence-electron chi connectivity index (χ2n) is 3.65. The van der Waals surface area contributed by atoms with Gasteiger partial charge in [-0.05, 0) is 12.8 Å². The number of nitrogen functional groups attached to an aromatic ring is 1. The molecule has 2 rings (SSSR count). The van der Waals surface area contributed by atoms with Gasteiger partial charge in [-0.25, -0.2) is 15.0 Å². The van der Waals surface area contributed by atoms with Gasteiger partial charge in [0.15, 0.2) is 5.13 Å². The van der Waals surface area contributed by atoms with Crippen LogP contribution in [0.3, 0.4) is 0 Å². The highest BCUT2D eigenvalue weighted by molar-refractivity contribution is 7.13. The highest BCUT2D eigenvalue weighted by atomic mass is 32.1. The van der Waals surface area contributed by atoms with E-state index in [-0.39, 0.29) is 0 Å². The van der Waals surface area contributed by atoms with Crippen molar-refractivity contribution in [2.24, 2.45) is 0 Å². The smallest absolute Gasteiger partial charge is 0.218 e. The van der Waals surface area contributed by atoms with Crippen LogP contribution in [-0.2, 0) is 6.42 Å². The van der Waals surface area contributed by atoms with Crippen molar-refractivity contribution >= 4 is 22.3 Å². The van der Waals surface area contributed by atoms with Crippen molar-refractivity contribution in [3.8, 4) is 5.88 Å². The van der Waals surface area contributed by atoms with Crippen LogP contribution in [0.2, 0.25) is 0 Å². The Morgan fingerprint density at radius 1 is 1.44 bits per heavy atom. The minimum atomic E-state index is 0.555. The summed E-state index contributed by atoms with van der Waals surface area (Å²) in [5.41, 5.74) is 6.61. The molecule has 0 spiro atoms. The number of nitrogens with two attached hydrogens (primary N) is 1. The van der Waals surface area contributed by atoms with Gasteiger partial charge in [0.1, 0.15) is 12.1 Å². The predicted molar refractivity (Wildman–Crippen MR) is 71.9 cm³/mol. The second kappa shape index (κ2) is 6.15. The number of thiazole rings is 1. The lowest BCUT2D eigenvalue weighted by Crippen LogP contribution is -2.05. The SMILES string of the molecule is COc1cc(NCCCc2csc(N)n2)ncn1. The molecule has 7 heteroatoms. The molecular weight excluding hydrogens is 250 g/mol. The third kappa shape index (κ3) is 3.56. The summed E-state index contributed by atoms with van der Waals surface area (Å²) in [6.45, 7) is 0.817. The number of nitrogens with one attached hydrogen (secondary N) is 1. The molecule has 96 valence electrons. The molecule has 0 saturated carbocycles. The summed E-state index contributed by atoms with van der Waals surface area (Å²) in [7, 11) is 1.58. The standard InChI is InChI=1S/C11H15N5OS/c1-17-10-5-9(14-7-15-10)13-4-2-3-8-6-18-11(12)16-8/h5-7H,2-4H2,1H3,(H2,12,16)(H,13,14,15). The number of ether oxygens (including phenoxy) is 1. The number of aromatic nitrogens is 3. The third-order valence-corrected chi connectivity index (χ3v) is 3.06. The van der Waals surface area contributed by atoms with Crippen molar-refractivity contribution < 1.29 is 4.74 Å². The van der Waals surface area contributed by atoms with Crippen LogP contribution in [0, 0.1) is 0 Å². The highest BCUT2D eigenvalue weighted by Gasteiger charge is 2.00. The molecule has 0 atom stereocenters. The van der Waals surface area contributed by atoms with Gasteiger partial charge in [-0.15, -0.1) is 11.3 Å². The molecule has 0 aliphatic rings. The van der Waals surface area contributed by atoms with E-state index in [1.807, 2.05) is 5.38 Å². The van der Waals surface area contributed by atoms with Gasteiger partial charge in [-0.1, -0.05) is 0 Å². The molecule has 2 aromatic rings. The van der Waals surface area contributed by atoms with Gasteiger partial charge >= 0.3 is 0 Å². The van der Waals surface area contributed by atoms with Crippen molar-refractivity contribution in [1.82, 2.24) is 15.0 Å². The minimum Gasteiger partial charge on any atom is -0.481 e. The van der Waals surface area contributed by atoms with Crippen molar-refractivity contribution in [1.29, 1.82) is 0 Å². The molecule has 0 aliphatic carbocycles. The van der Waals surface area contributed by atoms with E-state index in [9.17, 15) is 0 Å². The molecule has 0 saturated heterocycles. The molecule has 2 aromatic heterocycles. The van der Waals surface area contributed by atoms with E-state index in [4.69, 9.17) is 10.5 Å². The molecule has 0 amide bonds. The number of hydrogen-bond donors (Lipinski definition) is 2. The Hall–Kier alpha value is -1.89. The van der Waals surface area contributed by atoms with Gasteiger partial charge in [-0.3, -0.25) is 0 Å². The number of anilines is 2. The summed E-state index contributed by atoms with van der Waals surface area (Å²) in [5, 5.41) is 5.82. The Balaban J connectivity index is 1.74. The van der Waals surface area contributed by atoms with Crippen LogP contribution >= 0.6 is 11.3 Å². The lowest BCUT2D eigenvalue weighted by molar-refractivity contribution is 0.397. The molecule has 18 heavy (non-hydrogen) atoms. The fourth-order valence-electron chi connectivity index (χ4n) is 1.47. The first-order valence-corrected chi connectivity index (χ1v) is 6.45. The lowest BCUT2D eigenvalue weighted by Gasteiger charge is -2.05. The van der Waals surface area contributed by atoms with Crippen LogP contribution < -0.4 is 15.8 Å². The maximum absolute atomic E-state index is 5.57. The molecule has 0 aliphatic heterocycles. The van der Waals surface area contributed by atoms with Crippen LogP contribution in [-0.4, -0.2) is 28.6 Å². The van der Waals surface area contributed by atoms with E-state index in [2.05, 4.69) is 20.3 Å². The van der Waals surface area contributed by atoms with E-state index in [0.717, 1.165) is 30.9 Å². The van der Waals surface area contributed by atoms with E-state index in [0.29, 0.717) is 11.0 Å². The van der Waals surface area contributed by atoms with Crippen molar-refractivity contribution in [3.05, 3.63) is 23.5 Å². The van der Waals surface area contributed by atoms with Crippen molar-refractivity contribution in [2.75, 3.05) is 24.7 Å². The summed E-state index contributed by atoms with van der Waals surface area (Å²) in [4.78, 5) is 12.2. The Kier molecular flexibility index (Phi) is 4.30. The molecule has 6 nitrogen and oxygen atoms in total. The van der Waals surface area contributed by atoms with E-state index in [1.165, 1.54) is 17.7 Å². The first-order chi connectivity index (χ1) is 8.78. The summed E-state index contributed by atoms with van der Waals surface area (Å²) < 4.78 is 5.02. The zero-order valence-corrected chi connectivity index (χ0v) is 10.9. The molecule has 0 fully saturated rings. The molecule has 3 N–H and O–H groups in total. The first-order valence-electron chi connectivity index (χ1n) is 5.57. The number of rotatable bonds is 6. The van der Waals surface area contributed by atoms with Gasteiger partial charge in [0.05, 0.1) is 12.8 Å². The average Bonchev–Trinajstić information content (AvgIpc) is 2.81. The Labute approximate surface area is 109 Å². The number of hydrogen-bond acceptors (Lipinski definition) is 7. The highest BCUT2D eigenvalue weighted by Crippen LogP contribution is 2.13. The second-order valence-corrected chi connectivity index (χ2v) is 4.54. The first kappa shape index (κ1) is 12.6. The Morgan fingerprint density at radius 3 is 3.06 bits per heavy atom. The van der Waals surface area contributed by atoms with Gasteiger partial charge < -0.3 is 15.8 Å². The Morgan fingerprint density at radius 2 is 2.33 bits per heavy atom. The zero-order valence-electron chi connectivity index (χ0n) is 10.1. The van der Waals surface area contributed by atoms with E-state index >= 15 is 0 Å². The van der Waals surface area contributed by atoms with Crippen LogP contribution in [0.1, 0.15) is 12.1 Å². The topological polar surface area (TPSA) is 86.0 Å². The molecule has 0 aromatic carbocycles. The predicted octanol–water partition coefficient (Wildman–Crippen LogP) is 1.57. The average molecular weight is 265 g/mol. The van der Waals surface area contributed by atoms with Crippen molar-refractivity contribution in [2.45, 2.75) is 12.8 Å². The molecule has 2 heterocycles. The minimum absolute atomic E-state index is 0.555. The lowest BCUT2D eigenvalue weighted by atomic mass is 10.2. The fraction of sp³-hybridized carbons (Fsp3) is 0.364. The van der Waals surface area contributed by atoms with Gasteiger partial charge in [-0.2, -0.15) is 0 Å². The van der Waals surface area contributed by atoms with Crippen LogP contribution in [0.15, 0.2) is 17.8 Å². The normalized spacial score (nSPS) is 10.3. The maximum atomic E-state index is 5.57.